The molecule has 0 radical (unpaired) electrons. The smallest absolute Gasteiger partial charge is 0.311 e. The molecule has 0 amide bonds. The van der Waals surface area contributed by atoms with E-state index in [1.807, 2.05) is 0 Å². The molecule has 1 aromatic heterocycles. The standard InChI is InChI=1S/C11H17N5O2/c12-11-9(16(17)18)3-4-10(15-11)14-8-2-1-6-13-7-5-8/h3-4,8,13H,1-2,5-7H2,(H3,12,14,15). The van der Waals surface area contributed by atoms with Gasteiger partial charge >= 0.3 is 5.69 Å². The van der Waals surface area contributed by atoms with E-state index in [4.69, 9.17) is 5.73 Å². The molecular formula is C11H17N5O2. The predicted molar refractivity (Wildman–Crippen MR) is 69.4 cm³/mol. The monoisotopic (exact) mass is 251 g/mol. The second-order valence-electron chi connectivity index (χ2n) is 4.38. The van der Waals surface area contributed by atoms with Crippen molar-refractivity contribution in [2.75, 3.05) is 24.1 Å². The summed E-state index contributed by atoms with van der Waals surface area (Å²) in [6, 6.07) is 3.33. The van der Waals surface area contributed by atoms with E-state index in [-0.39, 0.29) is 11.5 Å². The highest BCUT2D eigenvalue weighted by Gasteiger charge is 2.15. The van der Waals surface area contributed by atoms with Crippen molar-refractivity contribution < 1.29 is 4.92 Å². The van der Waals surface area contributed by atoms with Crippen molar-refractivity contribution in [1.82, 2.24) is 10.3 Å². The summed E-state index contributed by atoms with van der Waals surface area (Å²) in [4.78, 5) is 14.1. The predicted octanol–water partition coefficient (Wildman–Crippen LogP) is 1.13. The van der Waals surface area contributed by atoms with Crippen molar-refractivity contribution in [3.05, 3.63) is 22.2 Å². The van der Waals surface area contributed by atoms with Gasteiger partial charge in [0.2, 0.25) is 5.82 Å². The molecule has 0 spiro atoms. The van der Waals surface area contributed by atoms with Crippen LogP contribution in [0.15, 0.2) is 12.1 Å². The van der Waals surface area contributed by atoms with Crippen LogP contribution in [0.1, 0.15) is 19.3 Å². The molecule has 1 fully saturated rings. The van der Waals surface area contributed by atoms with Crippen molar-refractivity contribution in [2.24, 2.45) is 0 Å². The lowest BCUT2D eigenvalue weighted by Gasteiger charge is -2.16. The number of nitro groups is 1. The van der Waals surface area contributed by atoms with Crippen LogP contribution in [0.2, 0.25) is 0 Å². The van der Waals surface area contributed by atoms with Crippen molar-refractivity contribution in [2.45, 2.75) is 25.3 Å². The second-order valence-corrected chi connectivity index (χ2v) is 4.38. The summed E-state index contributed by atoms with van der Waals surface area (Å²) in [7, 11) is 0. The zero-order chi connectivity index (χ0) is 13.0. The summed E-state index contributed by atoms with van der Waals surface area (Å²) in [5, 5.41) is 17.2. The van der Waals surface area contributed by atoms with Gasteiger partial charge in [0.05, 0.1) is 4.92 Å². The van der Waals surface area contributed by atoms with Gasteiger partial charge in [0.1, 0.15) is 5.82 Å². The highest BCUT2D eigenvalue weighted by atomic mass is 16.6. The first-order valence-corrected chi connectivity index (χ1v) is 6.05. The first kappa shape index (κ1) is 12.6. The van der Waals surface area contributed by atoms with Gasteiger partial charge in [-0.05, 0) is 38.4 Å². The fourth-order valence-corrected chi connectivity index (χ4v) is 2.07. The third-order valence-electron chi connectivity index (χ3n) is 3.03. The van der Waals surface area contributed by atoms with Crippen LogP contribution in [-0.2, 0) is 0 Å². The fraction of sp³-hybridized carbons (Fsp3) is 0.545. The number of nitrogens with one attached hydrogen (secondary N) is 2. The normalized spacial score (nSPS) is 20.1. The molecule has 4 N–H and O–H groups in total. The van der Waals surface area contributed by atoms with Crippen LogP contribution in [0.4, 0.5) is 17.3 Å². The van der Waals surface area contributed by atoms with E-state index in [2.05, 4.69) is 15.6 Å². The Bertz CT molecular complexity index is 429. The van der Waals surface area contributed by atoms with Crippen LogP contribution >= 0.6 is 0 Å². The zero-order valence-corrected chi connectivity index (χ0v) is 10.1. The first-order valence-electron chi connectivity index (χ1n) is 6.05. The number of nitrogen functional groups attached to an aromatic ring is 1. The van der Waals surface area contributed by atoms with Crippen LogP contribution in [0.3, 0.4) is 0 Å². The summed E-state index contributed by atoms with van der Waals surface area (Å²) in [6.07, 6.45) is 3.18. The average Bonchev–Trinajstić information content (AvgIpc) is 2.57. The number of hydrogen-bond donors (Lipinski definition) is 3. The molecule has 98 valence electrons. The van der Waals surface area contributed by atoms with E-state index in [9.17, 15) is 10.1 Å². The molecule has 7 nitrogen and oxygen atoms in total. The van der Waals surface area contributed by atoms with Gasteiger partial charge in [0, 0.05) is 12.1 Å². The molecule has 0 bridgehead atoms. The van der Waals surface area contributed by atoms with Gasteiger partial charge in [-0.2, -0.15) is 0 Å². The summed E-state index contributed by atoms with van der Waals surface area (Å²) in [5.74, 6) is 0.557. The zero-order valence-electron chi connectivity index (χ0n) is 10.1. The Morgan fingerprint density at radius 1 is 1.44 bits per heavy atom. The molecule has 0 saturated carbocycles. The van der Waals surface area contributed by atoms with Crippen LogP contribution in [0.25, 0.3) is 0 Å². The maximum atomic E-state index is 10.6. The molecular weight excluding hydrogens is 234 g/mol. The molecule has 0 aromatic carbocycles. The Morgan fingerprint density at radius 3 is 3.00 bits per heavy atom. The van der Waals surface area contributed by atoms with Crippen molar-refractivity contribution in [3.8, 4) is 0 Å². The minimum Gasteiger partial charge on any atom is -0.378 e. The Kier molecular flexibility index (Phi) is 3.93. The Labute approximate surface area is 105 Å². The maximum absolute atomic E-state index is 10.6. The van der Waals surface area contributed by atoms with Gasteiger partial charge in [-0.1, -0.05) is 0 Å². The van der Waals surface area contributed by atoms with Crippen LogP contribution < -0.4 is 16.4 Å². The van der Waals surface area contributed by atoms with Crippen molar-refractivity contribution in [3.63, 3.8) is 0 Å². The summed E-state index contributed by atoms with van der Waals surface area (Å²) >= 11 is 0. The molecule has 1 atom stereocenters. The van der Waals surface area contributed by atoms with Crippen LogP contribution in [0.5, 0.6) is 0 Å². The molecule has 1 unspecified atom stereocenters. The molecule has 18 heavy (non-hydrogen) atoms. The van der Waals surface area contributed by atoms with Crippen LogP contribution in [0, 0.1) is 10.1 Å². The van der Waals surface area contributed by atoms with Gasteiger partial charge in [-0.15, -0.1) is 0 Å². The van der Waals surface area contributed by atoms with E-state index in [0.29, 0.717) is 11.9 Å². The quantitative estimate of drug-likeness (QED) is 0.549. The second kappa shape index (κ2) is 5.63. The van der Waals surface area contributed by atoms with E-state index in [1.54, 1.807) is 6.07 Å². The van der Waals surface area contributed by atoms with Gasteiger partial charge < -0.3 is 16.4 Å². The minimum absolute atomic E-state index is 0.0447. The molecule has 1 aliphatic rings. The molecule has 1 aromatic rings. The number of anilines is 2. The summed E-state index contributed by atoms with van der Waals surface area (Å²) in [5.41, 5.74) is 5.40. The highest BCUT2D eigenvalue weighted by molar-refractivity contribution is 5.57. The van der Waals surface area contributed by atoms with Crippen molar-refractivity contribution in [1.29, 1.82) is 0 Å². The SMILES string of the molecule is Nc1nc(NC2CCCNCC2)ccc1[N+](=O)[O-]. The first-order chi connectivity index (χ1) is 8.66. The topological polar surface area (TPSA) is 106 Å². The number of nitrogens with two attached hydrogens (primary N) is 1. The number of pyridine rings is 1. The summed E-state index contributed by atoms with van der Waals surface area (Å²) in [6.45, 7) is 2.01. The Balaban J connectivity index is 2.05. The third kappa shape index (κ3) is 3.07. The number of nitrogens with zero attached hydrogens (tertiary/aromatic N) is 2. The Morgan fingerprint density at radius 2 is 2.28 bits per heavy atom. The molecule has 2 heterocycles. The van der Waals surface area contributed by atoms with Gasteiger partial charge in [-0.3, -0.25) is 10.1 Å². The van der Waals surface area contributed by atoms with Gasteiger partial charge in [0.25, 0.3) is 0 Å². The lowest BCUT2D eigenvalue weighted by Crippen LogP contribution is -2.22. The van der Waals surface area contributed by atoms with E-state index in [1.165, 1.54) is 6.07 Å². The molecule has 2 rings (SSSR count). The van der Waals surface area contributed by atoms with E-state index >= 15 is 0 Å². The number of rotatable bonds is 3. The van der Waals surface area contributed by atoms with E-state index in [0.717, 1.165) is 32.4 Å². The Hall–Kier alpha value is -1.89. The molecule has 1 saturated heterocycles. The molecule has 1 aliphatic heterocycles. The number of aromatic nitrogens is 1. The van der Waals surface area contributed by atoms with E-state index < -0.39 is 4.92 Å². The fourth-order valence-electron chi connectivity index (χ4n) is 2.07. The molecule has 0 aliphatic carbocycles. The largest absolute Gasteiger partial charge is 0.378 e. The summed E-state index contributed by atoms with van der Waals surface area (Å²) < 4.78 is 0. The van der Waals surface area contributed by atoms with Crippen molar-refractivity contribution >= 4 is 17.3 Å². The third-order valence-corrected chi connectivity index (χ3v) is 3.03. The van der Waals surface area contributed by atoms with Crippen LogP contribution in [-0.4, -0.2) is 29.0 Å². The van der Waals surface area contributed by atoms with Gasteiger partial charge in [-0.25, -0.2) is 4.98 Å². The minimum atomic E-state index is -0.526. The maximum Gasteiger partial charge on any atom is 0.311 e. The highest BCUT2D eigenvalue weighted by Crippen LogP contribution is 2.22. The number of hydrogen-bond acceptors (Lipinski definition) is 6. The lowest BCUT2D eigenvalue weighted by molar-refractivity contribution is -0.384. The average molecular weight is 251 g/mol. The van der Waals surface area contributed by atoms with Gasteiger partial charge in [0.15, 0.2) is 0 Å². The molecule has 7 heteroatoms. The lowest BCUT2D eigenvalue weighted by atomic mass is 10.1.